The van der Waals surface area contributed by atoms with E-state index in [1.165, 1.54) is 0 Å². The average Bonchev–Trinajstić information content (AvgIpc) is 2.73. The van der Waals surface area contributed by atoms with Gasteiger partial charge in [-0.2, -0.15) is 0 Å². The van der Waals surface area contributed by atoms with Gasteiger partial charge in [0.25, 0.3) is 5.91 Å². The Hall–Kier alpha value is -1.40. The third-order valence-corrected chi connectivity index (χ3v) is 3.69. The summed E-state index contributed by atoms with van der Waals surface area (Å²) in [4.78, 5) is 14.0. The number of amides is 1. The molecule has 3 rings (SSSR count). The number of aliphatic hydroxyl groups excluding tert-OH is 1. The van der Waals surface area contributed by atoms with Crippen LogP contribution < -0.4 is 0 Å². The first-order valence-electron chi connectivity index (χ1n) is 6.78. The maximum absolute atomic E-state index is 12.5. The molecule has 0 bridgehead atoms. The molecule has 19 heavy (non-hydrogen) atoms. The zero-order chi connectivity index (χ0) is 13.2. The molecular weight excluding hydrogens is 248 g/mol. The molecule has 1 aromatic rings. The van der Waals surface area contributed by atoms with Crippen LogP contribution in [0.2, 0.25) is 0 Å². The summed E-state index contributed by atoms with van der Waals surface area (Å²) in [5, 5.41) is 13.7. The maximum atomic E-state index is 12.5. The number of carbonyl (C=O) groups is 1. The highest BCUT2D eigenvalue weighted by Gasteiger charge is 2.29. The average molecular weight is 266 g/mol. The molecule has 6 nitrogen and oxygen atoms in total. The number of carbonyl (C=O) groups excluding carboxylic acids is 1. The highest BCUT2D eigenvalue weighted by Crippen LogP contribution is 2.25. The van der Waals surface area contributed by atoms with Crippen LogP contribution in [-0.4, -0.2) is 53.5 Å². The van der Waals surface area contributed by atoms with Crippen LogP contribution in [0.25, 0.3) is 0 Å². The quantitative estimate of drug-likeness (QED) is 0.795. The van der Waals surface area contributed by atoms with E-state index in [1.807, 2.05) is 0 Å². The summed E-state index contributed by atoms with van der Waals surface area (Å²) in [6.45, 7) is 1.48. The van der Waals surface area contributed by atoms with Crippen molar-refractivity contribution < 1.29 is 19.2 Å². The van der Waals surface area contributed by atoms with Crippen molar-refractivity contribution in [3.05, 3.63) is 17.0 Å². The topological polar surface area (TPSA) is 75.8 Å². The Bertz CT molecular complexity index is 471. The lowest BCUT2D eigenvalue weighted by molar-refractivity contribution is 0.0522. The molecule has 1 saturated heterocycles. The van der Waals surface area contributed by atoms with Crippen LogP contribution in [0.4, 0.5) is 0 Å². The van der Waals surface area contributed by atoms with E-state index in [-0.39, 0.29) is 19.1 Å². The van der Waals surface area contributed by atoms with E-state index >= 15 is 0 Å². The maximum Gasteiger partial charge on any atom is 0.292 e. The molecule has 0 radical (unpaired) electrons. The molecule has 0 saturated carbocycles. The summed E-state index contributed by atoms with van der Waals surface area (Å²) < 4.78 is 10.5. The van der Waals surface area contributed by atoms with E-state index in [9.17, 15) is 9.90 Å². The van der Waals surface area contributed by atoms with E-state index in [0.717, 1.165) is 36.9 Å². The minimum atomic E-state index is -0.634. The Balaban J connectivity index is 1.81. The van der Waals surface area contributed by atoms with Gasteiger partial charge in [-0.25, -0.2) is 0 Å². The molecule has 104 valence electrons. The van der Waals surface area contributed by atoms with Crippen molar-refractivity contribution in [1.29, 1.82) is 0 Å². The van der Waals surface area contributed by atoms with Crippen LogP contribution in [0.5, 0.6) is 0 Å². The molecule has 0 aromatic carbocycles. The molecule has 6 heteroatoms. The van der Waals surface area contributed by atoms with Gasteiger partial charge in [0.1, 0.15) is 0 Å². The SMILES string of the molecule is O=C(c1onc2c1CCCC2)N1CCOC[C@H](O)C1. The Kier molecular flexibility index (Phi) is 3.52. The molecule has 1 fully saturated rings. The lowest BCUT2D eigenvalue weighted by atomic mass is 9.96. The van der Waals surface area contributed by atoms with E-state index in [4.69, 9.17) is 9.26 Å². The highest BCUT2D eigenvalue weighted by molar-refractivity contribution is 5.93. The van der Waals surface area contributed by atoms with Gasteiger partial charge in [0.05, 0.1) is 25.0 Å². The molecule has 2 aliphatic rings. The standard InChI is InChI=1S/C13H18N2O4/c16-9-7-15(5-6-18-8-9)13(17)12-10-3-1-2-4-11(10)14-19-12/h9,16H,1-8H2/t9-/m1/s1. The lowest BCUT2D eigenvalue weighted by Gasteiger charge is -2.20. The summed E-state index contributed by atoms with van der Waals surface area (Å²) in [6, 6.07) is 0. The van der Waals surface area contributed by atoms with Crippen molar-refractivity contribution in [2.75, 3.05) is 26.3 Å². The van der Waals surface area contributed by atoms with Crippen molar-refractivity contribution in [2.24, 2.45) is 0 Å². The monoisotopic (exact) mass is 266 g/mol. The molecule has 1 atom stereocenters. The zero-order valence-electron chi connectivity index (χ0n) is 10.8. The van der Waals surface area contributed by atoms with Crippen molar-refractivity contribution in [1.82, 2.24) is 10.1 Å². The van der Waals surface area contributed by atoms with E-state index in [1.54, 1.807) is 4.90 Å². The van der Waals surface area contributed by atoms with Gasteiger partial charge in [-0.15, -0.1) is 0 Å². The summed E-state index contributed by atoms with van der Waals surface area (Å²) in [5.41, 5.74) is 1.87. The summed E-state index contributed by atoms with van der Waals surface area (Å²) >= 11 is 0. The molecule has 1 aromatic heterocycles. The van der Waals surface area contributed by atoms with Gasteiger partial charge in [-0.3, -0.25) is 4.79 Å². The second kappa shape index (κ2) is 5.30. The third kappa shape index (κ3) is 2.50. The number of nitrogens with zero attached hydrogens (tertiary/aromatic N) is 2. The number of rotatable bonds is 1. The molecule has 1 amide bonds. The van der Waals surface area contributed by atoms with Crippen LogP contribution in [-0.2, 0) is 17.6 Å². The third-order valence-electron chi connectivity index (χ3n) is 3.69. The van der Waals surface area contributed by atoms with Crippen LogP contribution in [0.15, 0.2) is 4.52 Å². The van der Waals surface area contributed by atoms with Crippen molar-refractivity contribution in [3.63, 3.8) is 0 Å². The molecule has 1 aliphatic heterocycles. The van der Waals surface area contributed by atoms with E-state index in [2.05, 4.69) is 5.16 Å². The van der Waals surface area contributed by atoms with Gasteiger partial charge in [0.2, 0.25) is 5.76 Å². The second-order valence-corrected chi connectivity index (χ2v) is 5.12. The van der Waals surface area contributed by atoms with Crippen LogP contribution >= 0.6 is 0 Å². The molecule has 0 spiro atoms. The van der Waals surface area contributed by atoms with Crippen LogP contribution in [0.3, 0.4) is 0 Å². The number of hydrogen-bond acceptors (Lipinski definition) is 5. The molecule has 1 N–H and O–H groups in total. The lowest BCUT2D eigenvalue weighted by Crippen LogP contribution is -2.38. The number of fused-ring (bicyclic) bond motifs is 1. The van der Waals surface area contributed by atoms with Gasteiger partial charge in [0.15, 0.2) is 0 Å². The molecule has 1 aliphatic carbocycles. The van der Waals surface area contributed by atoms with Gasteiger partial charge >= 0.3 is 0 Å². The first-order chi connectivity index (χ1) is 9.25. The van der Waals surface area contributed by atoms with Crippen LogP contribution in [0.1, 0.15) is 34.7 Å². The second-order valence-electron chi connectivity index (χ2n) is 5.12. The molecule has 0 unspecified atom stereocenters. The summed E-state index contributed by atoms with van der Waals surface area (Å²) in [5.74, 6) is 0.170. The number of aromatic nitrogens is 1. The van der Waals surface area contributed by atoms with Crippen molar-refractivity contribution >= 4 is 5.91 Å². The largest absolute Gasteiger partial charge is 0.389 e. The van der Waals surface area contributed by atoms with E-state index < -0.39 is 6.10 Å². The summed E-state index contributed by atoms with van der Waals surface area (Å²) in [7, 11) is 0. The number of ether oxygens (including phenoxy) is 1. The highest BCUT2D eigenvalue weighted by atomic mass is 16.5. The van der Waals surface area contributed by atoms with Crippen molar-refractivity contribution in [3.8, 4) is 0 Å². The van der Waals surface area contributed by atoms with Gasteiger partial charge in [-0.05, 0) is 25.7 Å². The number of aryl methyl sites for hydroxylation is 1. The fourth-order valence-electron chi connectivity index (χ4n) is 2.68. The van der Waals surface area contributed by atoms with Gasteiger partial charge < -0.3 is 19.3 Å². The number of hydrogen-bond donors (Lipinski definition) is 1. The van der Waals surface area contributed by atoms with Gasteiger partial charge in [0, 0.05) is 18.7 Å². The zero-order valence-corrected chi connectivity index (χ0v) is 10.8. The minimum absolute atomic E-state index is 0.180. The van der Waals surface area contributed by atoms with Crippen LogP contribution in [0, 0.1) is 0 Å². The van der Waals surface area contributed by atoms with Crippen molar-refractivity contribution in [2.45, 2.75) is 31.8 Å². The fraction of sp³-hybridized carbons (Fsp3) is 0.692. The molecular formula is C13H18N2O4. The first-order valence-corrected chi connectivity index (χ1v) is 6.78. The van der Waals surface area contributed by atoms with Gasteiger partial charge in [-0.1, -0.05) is 5.16 Å². The Morgan fingerprint density at radius 3 is 3.11 bits per heavy atom. The number of aliphatic hydroxyl groups is 1. The molecule has 2 heterocycles. The fourth-order valence-corrected chi connectivity index (χ4v) is 2.68. The van der Waals surface area contributed by atoms with E-state index in [0.29, 0.717) is 18.9 Å². The predicted octanol–water partition coefficient (Wildman–Crippen LogP) is 0.387. The minimum Gasteiger partial charge on any atom is -0.389 e. The number of β-amino-alcohol motifs (C(OH)–C–C–N with tert-alkyl or cyclic N) is 1. The normalized spacial score (nSPS) is 23.8. The Labute approximate surface area is 111 Å². The Morgan fingerprint density at radius 2 is 2.21 bits per heavy atom. The smallest absolute Gasteiger partial charge is 0.292 e. The Morgan fingerprint density at radius 1 is 1.37 bits per heavy atom. The predicted molar refractivity (Wildman–Crippen MR) is 65.9 cm³/mol. The summed E-state index contributed by atoms with van der Waals surface area (Å²) in [6.07, 6.45) is 3.28. The first kappa shape index (κ1) is 12.6.